The predicted molar refractivity (Wildman–Crippen MR) is 160 cm³/mol. The SMILES string of the molecule is CCOc1cc(OCCCCCCc2cccc(OCCCC(=O)O)c2CCC(=O)O)cc(-c2ccc(Cl)cc2)c1. The number of carboxylic acid groups (broad SMARTS) is 2. The molecular formula is C33H39ClO7. The van der Waals surface area contributed by atoms with E-state index in [0.717, 1.165) is 65.9 Å². The van der Waals surface area contributed by atoms with Gasteiger partial charge in [0.25, 0.3) is 0 Å². The van der Waals surface area contributed by atoms with Gasteiger partial charge in [-0.1, -0.05) is 48.7 Å². The van der Waals surface area contributed by atoms with Crippen LogP contribution in [0.2, 0.25) is 5.02 Å². The normalized spacial score (nSPS) is 10.8. The van der Waals surface area contributed by atoms with Crippen LogP contribution in [0.1, 0.15) is 63.0 Å². The van der Waals surface area contributed by atoms with Crippen LogP contribution in [0.15, 0.2) is 60.7 Å². The standard InChI is InChI=1S/C33H39ClO7/c1-2-39-28-21-26(24-13-15-27(34)16-14-24)22-29(23-28)40-19-6-4-3-5-9-25-10-7-11-31(30(25)17-18-33(37)38)41-20-8-12-32(35)36/h7,10-11,13-16,21-23H,2-6,8-9,12,17-20H2,1H3,(H,35,36)(H,37,38). The first-order chi connectivity index (χ1) is 19.9. The molecule has 0 saturated heterocycles. The molecule has 3 aromatic rings. The fraction of sp³-hybridized carbons (Fsp3) is 0.394. The largest absolute Gasteiger partial charge is 0.494 e. The van der Waals surface area contributed by atoms with Gasteiger partial charge in [0.2, 0.25) is 0 Å². The average Bonchev–Trinajstić information content (AvgIpc) is 2.94. The molecule has 0 spiro atoms. The number of rotatable bonds is 19. The second-order valence-electron chi connectivity index (χ2n) is 9.78. The van der Waals surface area contributed by atoms with E-state index in [1.807, 2.05) is 67.6 Å². The van der Waals surface area contributed by atoms with Crippen LogP contribution in [0.5, 0.6) is 17.2 Å². The van der Waals surface area contributed by atoms with Crippen molar-refractivity contribution in [2.45, 2.75) is 64.7 Å². The molecule has 0 amide bonds. The molecule has 7 nitrogen and oxygen atoms in total. The van der Waals surface area contributed by atoms with Gasteiger partial charge in [-0.05, 0) is 91.6 Å². The number of carboxylic acids is 2. The molecule has 0 atom stereocenters. The lowest BCUT2D eigenvalue weighted by molar-refractivity contribution is -0.138. The lowest BCUT2D eigenvalue weighted by atomic mass is 9.97. The first kappa shape index (κ1) is 31.8. The summed E-state index contributed by atoms with van der Waals surface area (Å²) >= 11 is 6.05. The van der Waals surface area contributed by atoms with Gasteiger partial charge >= 0.3 is 11.9 Å². The van der Waals surface area contributed by atoms with Gasteiger partial charge < -0.3 is 24.4 Å². The van der Waals surface area contributed by atoms with Crippen molar-refractivity contribution in [3.8, 4) is 28.4 Å². The van der Waals surface area contributed by atoms with E-state index in [2.05, 4.69) is 0 Å². The molecule has 0 aliphatic carbocycles. The highest BCUT2D eigenvalue weighted by molar-refractivity contribution is 6.30. The first-order valence-electron chi connectivity index (χ1n) is 14.2. The summed E-state index contributed by atoms with van der Waals surface area (Å²) in [6.45, 7) is 3.40. The summed E-state index contributed by atoms with van der Waals surface area (Å²) < 4.78 is 17.7. The van der Waals surface area contributed by atoms with Crippen LogP contribution in [0, 0.1) is 0 Å². The van der Waals surface area contributed by atoms with Crippen molar-refractivity contribution in [2.75, 3.05) is 19.8 Å². The third-order valence-electron chi connectivity index (χ3n) is 6.59. The summed E-state index contributed by atoms with van der Waals surface area (Å²) in [5, 5.41) is 18.7. The fourth-order valence-electron chi connectivity index (χ4n) is 4.58. The van der Waals surface area contributed by atoms with E-state index >= 15 is 0 Å². The molecular weight excluding hydrogens is 544 g/mol. The Bertz CT molecular complexity index is 1260. The van der Waals surface area contributed by atoms with Crippen molar-refractivity contribution in [2.24, 2.45) is 0 Å². The highest BCUT2D eigenvalue weighted by atomic mass is 35.5. The summed E-state index contributed by atoms with van der Waals surface area (Å²) in [5.41, 5.74) is 4.03. The summed E-state index contributed by atoms with van der Waals surface area (Å²) in [6, 6.07) is 19.4. The molecule has 0 radical (unpaired) electrons. The molecule has 0 aromatic heterocycles. The topological polar surface area (TPSA) is 102 Å². The van der Waals surface area contributed by atoms with Gasteiger partial charge in [-0.3, -0.25) is 9.59 Å². The van der Waals surface area contributed by atoms with E-state index in [4.69, 9.17) is 30.9 Å². The van der Waals surface area contributed by atoms with Gasteiger partial charge in [-0.2, -0.15) is 0 Å². The quantitative estimate of drug-likeness (QED) is 0.139. The van der Waals surface area contributed by atoms with Gasteiger partial charge in [-0.25, -0.2) is 0 Å². The molecule has 0 fully saturated rings. The number of aliphatic carboxylic acids is 2. The van der Waals surface area contributed by atoms with Crippen molar-refractivity contribution in [3.63, 3.8) is 0 Å². The van der Waals surface area contributed by atoms with Gasteiger partial charge in [0.1, 0.15) is 17.2 Å². The number of unbranched alkanes of at least 4 members (excludes halogenated alkanes) is 3. The minimum Gasteiger partial charge on any atom is -0.494 e. The van der Waals surface area contributed by atoms with E-state index in [0.29, 0.717) is 36.8 Å². The third-order valence-corrected chi connectivity index (χ3v) is 6.84. The number of benzene rings is 3. The molecule has 2 N–H and O–H groups in total. The van der Waals surface area contributed by atoms with Gasteiger partial charge in [0.15, 0.2) is 0 Å². The zero-order valence-electron chi connectivity index (χ0n) is 23.6. The van der Waals surface area contributed by atoms with Gasteiger partial charge in [-0.15, -0.1) is 0 Å². The van der Waals surface area contributed by atoms with Crippen LogP contribution in [0.4, 0.5) is 0 Å². The fourth-order valence-corrected chi connectivity index (χ4v) is 4.70. The molecule has 0 aliphatic rings. The molecule has 3 aromatic carbocycles. The van der Waals surface area contributed by atoms with E-state index in [-0.39, 0.29) is 19.4 Å². The second-order valence-corrected chi connectivity index (χ2v) is 10.2. The minimum atomic E-state index is -0.861. The van der Waals surface area contributed by atoms with E-state index in [1.54, 1.807) is 0 Å². The monoisotopic (exact) mass is 582 g/mol. The van der Waals surface area contributed by atoms with E-state index in [9.17, 15) is 14.7 Å². The molecule has 8 heteroatoms. The highest BCUT2D eigenvalue weighted by Gasteiger charge is 2.12. The number of carbonyl (C=O) groups is 2. The molecule has 3 rings (SSSR count). The van der Waals surface area contributed by atoms with E-state index in [1.165, 1.54) is 0 Å². The summed E-state index contributed by atoms with van der Waals surface area (Å²) in [5.74, 6) is 0.463. The van der Waals surface area contributed by atoms with Gasteiger partial charge in [0, 0.05) is 23.9 Å². The van der Waals surface area contributed by atoms with Crippen molar-refractivity contribution >= 4 is 23.5 Å². The molecule has 0 aliphatic heterocycles. The molecule has 0 heterocycles. The Kier molecular flexibility index (Phi) is 13.3. The third kappa shape index (κ3) is 11.4. The molecule has 0 saturated carbocycles. The van der Waals surface area contributed by atoms with Crippen LogP contribution in [0.3, 0.4) is 0 Å². The maximum Gasteiger partial charge on any atom is 0.303 e. The maximum atomic E-state index is 11.2. The van der Waals surface area contributed by atoms with Crippen molar-refractivity contribution < 1.29 is 34.0 Å². The molecule has 0 unspecified atom stereocenters. The zero-order chi connectivity index (χ0) is 29.5. The number of halogens is 1. The second kappa shape index (κ2) is 17.2. The molecule has 41 heavy (non-hydrogen) atoms. The van der Waals surface area contributed by atoms with Crippen LogP contribution in [0.25, 0.3) is 11.1 Å². The molecule has 220 valence electrons. The first-order valence-corrected chi connectivity index (χ1v) is 14.6. The van der Waals surface area contributed by atoms with Crippen LogP contribution in [-0.2, 0) is 22.4 Å². The Morgan fingerprint density at radius 2 is 1.39 bits per heavy atom. The Morgan fingerprint density at radius 1 is 0.707 bits per heavy atom. The number of hydrogen-bond acceptors (Lipinski definition) is 5. The zero-order valence-corrected chi connectivity index (χ0v) is 24.3. The Balaban J connectivity index is 1.49. The number of hydrogen-bond donors (Lipinski definition) is 2. The van der Waals surface area contributed by atoms with Crippen molar-refractivity contribution in [3.05, 3.63) is 76.8 Å². The lowest BCUT2D eigenvalue weighted by Gasteiger charge is -2.15. The van der Waals surface area contributed by atoms with E-state index < -0.39 is 11.9 Å². The minimum absolute atomic E-state index is 0.0179. The maximum absolute atomic E-state index is 11.2. The number of ether oxygens (including phenoxy) is 3. The van der Waals surface area contributed by atoms with Crippen LogP contribution < -0.4 is 14.2 Å². The summed E-state index contributed by atoms with van der Waals surface area (Å²) in [7, 11) is 0. The predicted octanol–water partition coefficient (Wildman–Crippen LogP) is 7.85. The van der Waals surface area contributed by atoms with Crippen molar-refractivity contribution in [1.82, 2.24) is 0 Å². The van der Waals surface area contributed by atoms with Crippen LogP contribution >= 0.6 is 11.6 Å². The Morgan fingerprint density at radius 3 is 2.10 bits per heavy atom. The van der Waals surface area contributed by atoms with Gasteiger partial charge in [0.05, 0.1) is 19.8 Å². The highest BCUT2D eigenvalue weighted by Crippen LogP contribution is 2.31. The Hall–Kier alpha value is -3.71. The lowest BCUT2D eigenvalue weighted by Crippen LogP contribution is -2.07. The Labute approximate surface area is 247 Å². The van der Waals surface area contributed by atoms with Crippen LogP contribution in [-0.4, -0.2) is 42.0 Å². The molecule has 0 bridgehead atoms. The number of aryl methyl sites for hydroxylation is 1. The average molecular weight is 583 g/mol. The van der Waals surface area contributed by atoms with Crippen molar-refractivity contribution in [1.29, 1.82) is 0 Å². The summed E-state index contributed by atoms with van der Waals surface area (Å²) in [6.07, 6.45) is 5.55. The smallest absolute Gasteiger partial charge is 0.303 e. The summed E-state index contributed by atoms with van der Waals surface area (Å²) in [4.78, 5) is 22.0.